The van der Waals surface area contributed by atoms with E-state index in [4.69, 9.17) is 23.2 Å². The quantitative estimate of drug-likeness (QED) is 0.921. The van der Waals surface area contributed by atoms with Gasteiger partial charge in [0.05, 0.1) is 21.4 Å². The molecule has 0 aromatic carbocycles. The Kier molecular flexibility index (Phi) is 4.39. The van der Waals surface area contributed by atoms with Crippen LogP contribution in [0.4, 0.5) is 0 Å². The number of nitrogens with one attached hydrogen (secondary N) is 1. The summed E-state index contributed by atoms with van der Waals surface area (Å²) in [6.45, 7) is 3.64. The number of halogens is 2. The fourth-order valence-electron chi connectivity index (χ4n) is 1.51. The summed E-state index contributed by atoms with van der Waals surface area (Å²) in [5.74, 6) is 0. The second kappa shape index (κ2) is 5.82. The molecule has 0 radical (unpaired) electrons. The van der Waals surface area contributed by atoms with Crippen LogP contribution in [0.5, 0.6) is 0 Å². The predicted octanol–water partition coefficient (Wildman–Crippen LogP) is 3.00. The summed E-state index contributed by atoms with van der Waals surface area (Å²) in [6, 6.07) is 2.08. The van der Waals surface area contributed by atoms with E-state index in [2.05, 4.69) is 22.6 Å². The van der Waals surface area contributed by atoms with Gasteiger partial charge in [0, 0.05) is 18.8 Å². The van der Waals surface area contributed by atoms with Crippen molar-refractivity contribution in [2.45, 2.75) is 19.5 Å². The van der Waals surface area contributed by atoms with Gasteiger partial charge < -0.3 is 5.32 Å². The second-order valence-corrected chi connectivity index (χ2v) is 5.91. The fraction of sp³-hybridized carbons (Fsp3) is 0.400. The van der Waals surface area contributed by atoms with Crippen molar-refractivity contribution < 1.29 is 0 Å². The summed E-state index contributed by atoms with van der Waals surface area (Å²) in [4.78, 5) is 0. The number of aromatic nitrogens is 3. The molecule has 0 fully saturated rings. The number of hydrogen-bond acceptors (Lipinski definition) is 4. The summed E-state index contributed by atoms with van der Waals surface area (Å²) in [5, 5.41) is 11.0. The van der Waals surface area contributed by atoms with Crippen LogP contribution in [0.25, 0.3) is 0 Å². The number of hydrogen-bond donors (Lipinski definition) is 1. The van der Waals surface area contributed by atoms with E-state index in [9.17, 15) is 0 Å². The van der Waals surface area contributed by atoms with Crippen LogP contribution in [0, 0.1) is 0 Å². The van der Waals surface area contributed by atoms with Crippen molar-refractivity contribution in [3.63, 3.8) is 0 Å². The van der Waals surface area contributed by atoms with E-state index in [1.54, 1.807) is 10.9 Å². The van der Waals surface area contributed by atoms with Crippen LogP contribution in [0.2, 0.25) is 8.67 Å². The van der Waals surface area contributed by atoms with Gasteiger partial charge in [-0.3, -0.25) is 4.68 Å². The molecule has 0 saturated carbocycles. The largest absolute Gasteiger partial charge is 0.308 e. The molecule has 0 saturated heterocycles. The van der Waals surface area contributed by atoms with Crippen molar-refractivity contribution >= 4 is 34.5 Å². The van der Waals surface area contributed by atoms with Gasteiger partial charge in [-0.05, 0) is 18.6 Å². The third kappa shape index (κ3) is 3.42. The lowest BCUT2D eigenvalue weighted by molar-refractivity contribution is 0.500. The van der Waals surface area contributed by atoms with E-state index in [0.717, 1.165) is 27.3 Å². The molecule has 2 aromatic rings. The Labute approximate surface area is 114 Å². The molecule has 17 heavy (non-hydrogen) atoms. The molecule has 92 valence electrons. The first-order valence-corrected chi connectivity index (χ1v) is 6.76. The molecule has 2 heterocycles. The van der Waals surface area contributed by atoms with Gasteiger partial charge in [-0.25, -0.2) is 0 Å². The van der Waals surface area contributed by atoms with Crippen molar-refractivity contribution in [3.05, 3.63) is 32.7 Å². The van der Waals surface area contributed by atoms with Crippen molar-refractivity contribution in [2.75, 3.05) is 6.54 Å². The van der Waals surface area contributed by atoms with E-state index in [1.807, 2.05) is 12.3 Å². The highest BCUT2D eigenvalue weighted by Gasteiger charge is 2.12. The molecule has 2 rings (SSSR count). The van der Waals surface area contributed by atoms with Crippen LogP contribution in [0.3, 0.4) is 0 Å². The monoisotopic (exact) mass is 290 g/mol. The van der Waals surface area contributed by atoms with E-state index >= 15 is 0 Å². The molecular weight excluding hydrogens is 279 g/mol. The van der Waals surface area contributed by atoms with Gasteiger partial charge in [-0.2, -0.15) is 0 Å². The Balaban J connectivity index is 1.85. The minimum absolute atomic E-state index is 0.176. The van der Waals surface area contributed by atoms with Crippen molar-refractivity contribution in [2.24, 2.45) is 0 Å². The zero-order valence-electron chi connectivity index (χ0n) is 9.23. The van der Waals surface area contributed by atoms with Gasteiger partial charge >= 0.3 is 0 Å². The second-order valence-electron chi connectivity index (χ2n) is 3.62. The molecule has 4 nitrogen and oxygen atoms in total. The van der Waals surface area contributed by atoms with Crippen LogP contribution in [-0.2, 0) is 6.54 Å². The Morgan fingerprint density at radius 3 is 2.94 bits per heavy atom. The molecule has 1 unspecified atom stereocenters. The van der Waals surface area contributed by atoms with Crippen LogP contribution in [-0.4, -0.2) is 21.5 Å². The van der Waals surface area contributed by atoms with Gasteiger partial charge in [0.25, 0.3) is 0 Å². The first-order valence-electron chi connectivity index (χ1n) is 5.19. The summed E-state index contributed by atoms with van der Waals surface area (Å²) in [7, 11) is 0. The van der Waals surface area contributed by atoms with E-state index < -0.39 is 0 Å². The zero-order valence-corrected chi connectivity index (χ0v) is 11.6. The van der Waals surface area contributed by atoms with Gasteiger partial charge in [0.15, 0.2) is 0 Å². The summed E-state index contributed by atoms with van der Waals surface area (Å²) in [6.07, 6.45) is 3.50. The fourth-order valence-corrected chi connectivity index (χ4v) is 3.15. The van der Waals surface area contributed by atoms with E-state index in [-0.39, 0.29) is 6.04 Å². The Morgan fingerprint density at radius 1 is 1.53 bits per heavy atom. The number of nitrogens with zero attached hydrogens (tertiary/aromatic N) is 3. The lowest BCUT2D eigenvalue weighted by Gasteiger charge is -2.12. The third-order valence-electron chi connectivity index (χ3n) is 2.41. The average Bonchev–Trinajstić information content (AvgIpc) is 2.88. The first kappa shape index (κ1) is 12.8. The molecule has 1 atom stereocenters. The molecule has 0 amide bonds. The average molecular weight is 291 g/mol. The maximum absolute atomic E-state index is 6.08. The minimum atomic E-state index is 0.176. The molecular formula is C10H12Cl2N4S. The third-order valence-corrected chi connectivity index (χ3v) is 3.93. The van der Waals surface area contributed by atoms with Crippen molar-refractivity contribution in [1.29, 1.82) is 0 Å². The normalized spacial score (nSPS) is 12.9. The highest BCUT2D eigenvalue weighted by molar-refractivity contribution is 7.20. The Bertz CT molecular complexity index is 469. The maximum atomic E-state index is 6.08. The van der Waals surface area contributed by atoms with Gasteiger partial charge in [0.1, 0.15) is 0 Å². The Hall–Kier alpha value is -0.620. The van der Waals surface area contributed by atoms with Gasteiger partial charge in [-0.15, -0.1) is 16.4 Å². The standard InChI is InChI=1S/C10H12Cl2N4S/c1-7(8-6-9(11)17-10(8)12)13-2-4-16-5-3-14-15-16/h3,5-7,13H,2,4H2,1H3. The molecule has 0 aliphatic carbocycles. The Morgan fingerprint density at radius 2 is 2.35 bits per heavy atom. The van der Waals surface area contributed by atoms with Crippen LogP contribution < -0.4 is 5.32 Å². The molecule has 1 N–H and O–H groups in total. The lowest BCUT2D eigenvalue weighted by Crippen LogP contribution is -2.23. The molecule has 0 aliphatic heterocycles. The summed E-state index contributed by atoms with van der Waals surface area (Å²) < 4.78 is 3.24. The molecule has 0 bridgehead atoms. The zero-order chi connectivity index (χ0) is 12.3. The first-order chi connectivity index (χ1) is 8.16. The number of rotatable bonds is 5. The topological polar surface area (TPSA) is 42.7 Å². The number of thiophene rings is 1. The SMILES string of the molecule is CC(NCCn1ccnn1)c1cc(Cl)sc1Cl. The van der Waals surface area contributed by atoms with E-state index in [1.165, 1.54) is 11.3 Å². The highest BCUT2D eigenvalue weighted by Crippen LogP contribution is 2.34. The van der Waals surface area contributed by atoms with Crippen LogP contribution in [0.15, 0.2) is 18.5 Å². The smallest absolute Gasteiger partial charge is 0.0991 e. The maximum Gasteiger partial charge on any atom is 0.0991 e. The molecule has 7 heteroatoms. The molecule has 0 spiro atoms. The van der Waals surface area contributed by atoms with Crippen LogP contribution >= 0.6 is 34.5 Å². The van der Waals surface area contributed by atoms with Gasteiger partial charge in [0.2, 0.25) is 0 Å². The predicted molar refractivity (Wildman–Crippen MR) is 70.8 cm³/mol. The van der Waals surface area contributed by atoms with Gasteiger partial charge in [-0.1, -0.05) is 28.4 Å². The van der Waals surface area contributed by atoms with Crippen molar-refractivity contribution in [3.8, 4) is 0 Å². The molecule has 2 aromatic heterocycles. The summed E-state index contributed by atoms with van der Waals surface area (Å²) in [5.41, 5.74) is 1.04. The highest BCUT2D eigenvalue weighted by atomic mass is 35.5. The summed E-state index contributed by atoms with van der Waals surface area (Å²) >= 11 is 13.4. The minimum Gasteiger partial charge on any atom is -0.308 e. The molecule has 0 aliphatic rings. The van der Waals surface area contributed by atoms with Crippen LogP contribution in [0.1, 0.15) is 18.5 Å². The van der Waals surface area contributed by atoms with Crippen molar-refractivity contribution in [1.82, 2.24) is 20.3 Å². The lowest BCUT2D eigenvalue weighted by atomic mass is 10.2. The van der Waals surface area contributed by atoms with E-state index in [0.29, 0.717) is 0 Å².